The third-order valence-electron chi connectivity index (χ3n) is 5.30. The minimum absolute atomic E-state index is 0.0197. The van der Waals surface area contributed by atoms with Crippen LogP contribution >= 0.6 is 0 Å². The molecule has 31 heavy (non-hydrogen) atoms. The van der Waals surface area contributed by atoms with E-state index in [2.05, 4.69) is 29.2 Å². The lowest BCUT2D eigenvalue weighted by Gasteiger charge is -2.33. The van der Waals surface area contributed by atoms with E-state index in [1.54, 1.807) is 0 Å². The van der Waals surface area contributed by atoms with Crippen LogP contribution in [-0.4, -0.2) is 49.0 Å². The molecule has 1 saturated heterocycles. The van der Waals surface area contributed by atoms with E-state index in [9.17, 15) is 5.11 Å². The van der Waals surface area contributed by atoms with Crippen LogP contribution in [0.3, 0.4) is 0 Å². The molecule has 162 valence electrons. The van der Waals surface area contributed by atoms with E-state index in [4.69, 9.17) is 14.2 Å². The Balaban J connectivity index is 1.20. The van der Waals surface area contributed by atoms with Gasteiger partial charge in [0.15, 0.2) is 0 Å². The standard InChI is InChI=1S/C26H29NO4/c28-26(22-11-13-24(14-12-22)31-23-9-5-2-6-10-23)20-29-19-25-18-27(15-16-30-25)17-21-7-3-1-4-8-21/h1-14,25-26,28H,15-20H2. The Hall–Kier alpha value is -2.70. The Morgan fingerprint density at radius 1 is 0.903 bits per heavy atom. The monoisotopic (exact) mass is 419 g/mol. The summed E-state index contributed by atoms with van der Waals surface area (Å²) in [4.78, 5) is 2.38. The van der Waals surface area contributed by atoms with Crippen LogP contribution in [0.15, 0.2) is 84.9 Å². The molecule has 3 aromatic rings. The van der Waals surface area contributed by atoms with Crippen molar-refractivity contribution in [1.82, 2.24) is 4.90 Å². The highest BCUT2D eigenvalue weighted by Gasteiger charge is 2.21. The number of rotatable bonds is 9. The van der Waals surface area contributed by atoms with E-state index in [1.807, 2.05) is 60.7 Å². The lowest BCUT2D eigenvalue weighted by Crippen LogP contribution is -2.44. The van der Waals surface area contributed by atoms with Crippen molar-refractivity contribution in [1.29, 1.82) is 0 Å². The van der Waals surface area contributed by atoms with Crippen LogP contribution in [0.4, 0.5) is 0 Å². The summed E-state index contributed by atoms with van der Waals surface area (Å²) in [6.45, 7) is 4.07. The summed E-state index contributed by atoms with van der Waals surface area (Å²) in [5.41, 5.74) is 2.11. The summed E-state index contributed by atoms with van der Waals surface area (Å²) >= 11 is 0. The van der Waals surface area contributed by atoms with E-state index in [0.29, 0.717) is 13.2 Å². The molecular weight excluding hydrogens is 390 g/mol. The number of hydrogen-bond donors (Lipinski definition) is 1. The average Bonchev–Trinajstić information content (AvgIpc) is 2.81. The summed E-state index contributed by atoms with van der Waals surface area (Å²) in [5.74, 6) is 1.52. The summed E-state index contributed by atoms with van der Waals surface area (Å²) in [6.07, 6.45) is -0.666. The van der Waals surface area contributed by atoms with Crippen LogP contribution < -0.4 is 4.74 Å². The first-order valence-electron chi connectivity index (χ1n) is 10.7. The average molecular weight is 420 g/mol. The van der Waals surface area contributed by atoms with Gasteiger partial charge in [0, 0.05) is 19.6 Å². The van der Waals surface area contributed by atoms with Crippen LogP contribution in [0.5, 0.6) is 11.5 Å². The number of para-hydroxylation sites is 1. The van der Waals surface area contributed by atoms with Gasteiger partial charge in [-0.1, -0.05) is 60.7 Å². The number of morpholine rings is 1. The van der Waals surface area contributed by atoms with Gasteiger partial charge in [-0.15, -0.1) is 0 Å². The molecule has 0 spiro atoms. The van der Waals surface area contributed by atoms with Crippen LogP contribution in [0.25, 0.3) is 0 Å². The highest BCUT2D eigenvalue weighted by Crippen LogP contribution is 2.23. The molecule has 5 nitrogen and oxygen atoms in total. The quantitative estimate of drug-likeness (QED) is 0.556. The largest absolute Gasteiger partial charge is 0.457 e. The molecule has 0 aromatic heterocycles. The fourth-order valence-electron chi connectivity index (χ4n) is 3.66. The van der Waals surface area contributed by atoms with Crippen LogP contribution in [0.1, 0.15) is 17.2 Å². The number of ether oxygens (including phenoxy) is 3. The highest BCUT2D eigenvalue weighted by atomic mass is 16.5. The number of benzene rings is 3. The predicted molar refractivity (Wildman–Crippen MR) is 120 cm³/mol. The normalized spacial score (nSPS) is 17.9. The van der Waals surface area contributed by atoms with Gasteiger partial charge in [0.25, 0.3) is 0 Å². The van der Waals surface area contributed by atoms with Crippen LogP contribution in [-0.2, 0) is 16.0 Å². The fraction of sp³-hybridized carbons (Fsp3) is 0.308. The summed E-state index contributed by atoms with van der Waals surface area (Å²) < 4.78 is 17.4. The smallest absolute Gasteiger partial charge is 0.127 e. The fourth-order valence-corrected chi connectivity index (χ4v) is 3.66. The number of aliphatic hydroxyl groups excluding tert-OH is 1. The first-order valence-corrected chi connectivity index (χ1v) is 10.7. The molecule has 1 heterocycles. The third-order valence-corrected chi connectivity index (χ3v) is 5.30. The van der Waals surface area contributed by atoms with Crippen molar-refractivity contribution >= 4 is 0 Å². The van der Waals surface area contributed by atoms with Gasteiger partial charge in [0.05, 0.1) is 25.9 Å². The van der Waals surface area contributed by atoms with Crippen LogP contribution in [0.2, 0.25) is 0 Å². The van der Waals surface area contributed by atoms with E-state index in [0.717, 1.165) is 36.7 Å². The number of nitrogens with zero attached hydrogens (tertiary/aromatic N) is 1. The molecular formula is C26H29NO4. The topological polar surface area (TPSA) is 51.2 Å². The molecule has 1 N–H and O–H groups in total. The second-order valence-electron chi connectivity index (χ2n) is 7.75. The number of hydrogen-bond acceptors (Lipinski definition) is 5. The Morgan fingerprint density at radius 3 is 2.32 bits per heavy atom. The van der Waals surface area contributed by atoms with Gasteiger partial charge in [-0.2, -0.15) is 0 Å². The maximum Gasteiger partial charge on any atom is 0.127 e. The molecule has 1 fully saturated rings. The van der Waals surface area contributed by atoms with Crippen molar-refractivity contribution in [2.45, 2.75) is 18.8 Å². The minimum atomic E-state index is -0.685. The molecule has 0 amide bonds. The maximum atomic E-state index is 10.5. The Bertz CT molecular complexity index is 902. The van der Waals surface area contributed by atoms with Gasteiger partial charge in [0.2, 0.25) is 0 Å². The van der Waals surface area contributed by atoms with Crippen molar-refractivity contribution in [2.24, 2.45) is 0 Å². The SMILES string of the molecule is OC(COCC1CN(Cc2ccccc2)CCO1)c1ccc(Oc2ccccc2)cc1. The molecule has 0 aliphatic carbocycles. The highest BCUT2D eigenvalue weighted by molar-refractivity contribution is 5.33. The van der Waals surface area contributed by atoms with Gasteiger partial charge < -0.3 is 19.3 Å². The van der Waals surface area contributed by atoms with Gasteiger partial charge in [-0.05, 0) is 35.4 Å². The molecule has 0 radical (unpaired) electrons. The first-order chi connectivity index (χ1) is 15.3. The lowest BCUT2D eigenvalue weighted by atomic mass is 10.1. The molecule has 4 rings (SSSR count). The van der Waals surface area contributed by atoms with Gasteiger partial charge in [-0.3, -0.25) is 4.90 Å². The summed E-state index contributed by atoms with van der Waals surface area (Å²) in [6, 6.07) is 27.5. The second kappa shape index (κ2) is 11.1. The second-order valence-corrected chi connectivity index (χ2v) is 7.75. The zero-order valence-corrected chi connectivity index (χ0v) is 17.6. The Morgan fingerprint density at radius 2 is 1.58 bits per heavy atom. The van der Waals surface area contributed by atoms with Crippen molar-refractivity contribution in [3.63, 3.8) is 0 Å². The number of aliphatic hydroxyl groups is 1. The molecule has 2 unspecified atom stereocenters. The van der Waals surface area contributed by atoms with E-state index >= 15 is 0 Å². The van der Waals surface area contributed by atoms with E-state index in [-0.39, 0.29) is 12.7 Å². The third kappa shape index (κ3) is 6.64. The van der Waals surface area contributed by atoms with Gasteiger partial charge in [0.1, 0.15) is 17.6 Å². The van der Waals surface area contributed by atoms with E-state index < -0.39 is 6.10 Å². The van der Waals surface area contributed by atoms with Gasteiger partial charge in [-0.25, -0.2) is 0 Å². The Kier molecular flexibility index (Phi) is 7.69. The van der Waals surface area contributed by atoms with Crippen molar-refractivity contribution < 1.29 is 19.3 Å². The zero-order valence-electron chi connectivity index (χ0n) is 17.6. The molecule has 0 bridgehead atoms. The molecule has 1 aliphatic rings. The molecule has 3 aromatic carbocycles. The Labute approximate surface area is 183 Å². The van der Waals surface area contributed by atoms with Crippen LogP contribution in [0, 0.1) is 0 Å². The molecule has 5 heteroatoms. The molecule has 2 atom stereocenters. The summed E-state index contributed by atoms with van der Waals surface area (Å²) in [5, 5.41) is 10.5. The molecule has 0 saturated carbocycles. The van der Waals surface area contributed by atoms with Crippen molar-refractivity contribution in [2.75, 3.05) is 32.9 Å². The lowest BCUT2D eigenvalue weighted by molar-refractivity contribution is -0.0816. The molecule has 1 aliphatic heterocycles. The van der Waals surface area contributed by atoms with Crippen molar-refractivity contribution in [3.8, 4) is 11.5 Å². The maximum absolute atomic E-state index is 10.5. The summed E-state index contributed by atoms with van der Waals surface area (Å²) in [7, 11) is 0. The first kappa shape index (κ1) is 21.5. The zero-order chi connectivity index (χ0) is 21.3. The van der Waals surface area contributed by atoms with E-state index in [1.165, 1.54) is 5.56 Å². The van der Waals surface area contributed by atoms with Crippen molar-refractivity contribution in [3.05, 3.63) is 96.1 Å². The minimum Gasteiger partial charge on any atom is -0.457 e. The predicted octanol–water partition coefficient (Wildman–Crippen LogP) is 4.43. The van der Waals surface area contributed by atoms with Gasteiger partial charge >= 0.3 is 0 Å².